The van der Waals surface area contributed by atoms with Crippen molar-refractivity contribution >= 4 is 16.8 Å². The van der Waals surface area contributed by atoms with Gasteiger partial charge in [-0.1, -0.05) is 50.2 Å². The molecule has 1 aromatic heterocycles. The standard InChI is InChI=1S/C30H27F3N2O2/c1-3-17(4-2)27-21-10-7-9-19(22-14-18(31)15-24(32)28(22)33)29(21)34-16-23(27)30(36)35-25-12-13-37-26-11-6-5-8-20(25)26/h5-11,14-17,25H,3-4,12-13H2,1-2H3,(H,35,36)/t25-/m0/s1. The first-order valence-corrected chi connectivity index (χ1v) is 12.5. The molecule has 1 aliphatic heterocycles. The van der Waals surface area contributed by atoms with Crippen LogP contribution in [0.4, 0.5) is 13.2 Å². The number of nitrogens with one attached hydrogen (secondary N) is 1. The minimum absolute atomic E-state index is 0.0255. The van der Waals surface area contributed by atoms with Crippen molar-refractivity contribution in [1.29, 1.82) is 0 Å². The number of aromatic nitrogens is 1. The van der Waals surface area contributed by atoms with Crippen LogP contribution in [0.3, 0.4) is 0 Å². The molecule has 0 bridgehead atoms. The lowest BCUT2D eigenvalue weighted by atomic mass is 9.86. The highest BCUT2D eigenvalue weighted by Gasteiger charge is 2.27. The van der Waals surface area contributed by atoms with Gasteiger partial charge < -0.3 is 10.1 Å². The zero-order chi connectivity index (χ0) is 26.1. The lowest BCUT2D eigenvalue weighted by Gasteiger charge is -2.27. The fourth-order valence-corrected chi connectivity index (χ4v) is 5.26. The molecule has 3 aromatic carbocycles. The average molecular weight is 505 g/mol. The molecule has 0 unspecified atom stereocenters. The number of pyridine rings is 1. The summed E-state index contributed by atoms with van der Waals surface area (Å²) < 4.78 is 48.5. The van der Waals surface area contributed by atoms with E-state index in [-0.39, 0.29) is 29.0 Å². The van der Waals surface area contributed by atoms with Gasteiger partial charge in [-0.3, -0.25) is 9.78 Å². The molecule has 4 nitrogen and oxygen atoms in total. The van der Waals surface area contributed by atoms with Crippen molar-refractivity contribution in [2.45, 2.75) is 45.1 Å². The Labute approximate surface area is 213 Å². The first-order chi connectivity index (χ1) is 17.9. The molecule has 37 heavy (non-hydrogen) atoms. The molecule has 7 heteroatoms. The van der Waals surface area contributed by atoms with Gasteiger partial charge >= 0.3 is 0 Å². The van der Waals surface area contributed by atoms with Gasteiger partial charge in [-0.15, -0.1) is 0 Å². The molecule has 1 atom stereocenters. The third-order valence-corrected chi connectivity index (χ3v) is 7.12. The number of carbonyl (C=O) groups is 1. The average Bonchev–Trinajstić information content (AvgIpc) is 2.91. The van der Waals surface area contributed by atoms with Gasteiger partial charge in [0.05, 0.1) is 23.7 Å². The van der Waals surface area contributed by atoms with Crippen molar-refractivity contribution in [3.8, 4) is 16.9 Å². The second-order valence-electron chi connectivity index (χ2n) is 9.25. The van der Waals surface area contributed by atoms with Crippen LogP contribution >= 0.6 is 0 Å². The maximum absolute atomic E-state index is 14.7. The Morgan fingerprint density at radius 2 is 1.84 bits per heavy atom. The van der Waals surface area contributed by atoms with Gasteiger partial charge in [-0.05, 0) is 36.5 Å². The molecule has 0 fully saturated rings. The maximum atomic E-state index is 14.7. The van der Waals surface area contributed by atoms with E-state index in [1.54, 1.807) is 12.1 Å². The first-order valence-electron chi connectivity index (χ1n) is 12.5. The Balaban J connectivity index is 1.64. The summed E-state index contributed by atoms with van der Waals surface area (Å²) in [6.07, 6.45) is 3.67. The van der Waals surface area contributed by atoms with E-state index in [1.807, 2.05) is 44.2 Å². The van der Waals surface area contributed by atoms with Crippen LogP contribution in [0.25, 0.3) is 22.0 Å². The van der Waals surface area contributed by atoms with Crippen molar-refractivity contribution in [2.75, 3.05) is 6.61 Å². The van der Waals surface area contributed by atoms with E-state index in [4.69, 9.17) is 4.74 Å². The normalized spacial score (nSPS) is 14.9. The summed E-state index contributed by atoms with van der Waals surface area (Å²) in [6, 6.07) is 14.0. The Kier molecular flexibility index (Phi) is 6.87. The zero-order valence-electron chi connectivity index (χ0n) is 20.7. The van der Waals surface area contributed by atoms with Crippen molar-refractivity contribution < 1.29 is 22.7 Å². The molecule has 190 valence electrons. The number of para-hydroxylation sites is 2. The summed E-state index contributed by atoms with van der Waals surface area (Å²) in [4.78, 5) is 18.2. The number of ether oxygens (including phenoxy) is 1. The van der Waals surface area contributed by atoms with Crippen LogP contribution in [0.1, 0.15) is 66.6 Å². The minimum atomic E-state index is -1.26. The van der Waals surface area contributed by atoms with Crippen LogP contribution in [-0.2, 0) is 0 Å². The number of fused-ring (bicyclic) bond motifs is 2. The van der Waals surface area contributed by atoms with E-state index in [2.05, 4.69) is 10.3 Å². The second-order valence-corrected chi connectivity index (χ2v) is 9.25. The molecule has 5 rings (SSSR count). The van der Waals surface area contributed by atoms with Gasteiger partial charge in [0.15, 0.2) is 11.6 Å². The number of rotatable bonds is 6. The molecular formula is C30H27F3N2O2. The third kappa shape index (κ3) is 4.54. The zero-order valence-corrected chi connectivity index (χ0v) is 20.7. The number of hydrogen-bond acceptors (Lipinski definition) is 3. The van der Waals surface area contributed by atoms with E-state index >= 15 is 0 Å². The Morgan fingerprint density at radius 1 is 1.05 bits per heavy atom. The van der Waals surface area contributed by atoms with Crippen LogP contribution < -0.4 is 10.1 Å². The lowest BCUT2D eigenvalue weighted by molar-refractivity contribution is 0.0923. The number of amides is 1. The summed E-state index contributed by atoms with van der Waals surface area (Å²) in [5, 5.41) is 3.81. The molecule has 0 aliphatic carbocycles. The smallest absolute Gasteiger partial charge is 0.253 e. The third-order valence-electron chi connectivity index (χ3n) is 7.12. The summed E-state index contributed by atoms with van der Waals surface area (Å²) in [5.74, 6) is -2.76. The van der Waals surface area contributed by atoms with Crippen LogP contribution in [0.15, 0.2) is 60.8 Å². The number of carbonyl (C=O) groups excluding carboxylic acids is 1. The van der Waals surface area contributed by atoms with Crippen LogP contribution in [0, 0.1) is 17.5 Å². The number of hydrogen-bond donors (Lipinski definition) is 1. The highest BCUT2D eigenvalue weighted by Crippen LogP contribution is 2.38. The van der Waals surface area contributed by atoms with Gasteiger partial charge in [-0.25, -0.2) is 13.2 Å². The van der Waals surface area contributed by atoms with Gasteiger partial charge in [0, 0.05) is 40.8 Å². The van der Waals surface area contributed by atoms with Crippen molar-refractivity contribution in [1.82, 2.24) is 10.3 Å². The van der Waals surface area contributed by atoms with E-state index in [0.717, 1.165) is 35.8 Å². The molecule has 1 N–H and O–H groups in total. The second kappa shape index (κ2) is 10.2. The predicted octanol–water partition coefficient (Wildman–Crippen LogP) is 7.48. The van der Waals surface area contributed by atoms with E-state index in [0.29, 0.717) is 35.6 Å². The Hall–Kier alpha value is -3.87. The van der Waals surface area contributed by atoms with Gasteiger partial charge in [0.25, 0.3) is 5.91 Å². The monoisotopic (exact) mass is 504 g/mol. The minimum Gasteiger partial charge on any atom is -0.493 e. The summed E-state index contributed by atoms with van der Waals surface area (Å²) in [5.41, 5.74) is 2.61. The van der Waals surface area contributed by atoms with Gasteiger partial charge in [0.1, 0.15) is 11.6 Å². The molecule has 4 aromatic rings. The highest BCUT2D eigenvalue weighted by molar-refractivity contribution is 6.03. The summed E-state index contributed by atoms with van der Waals surface area (Å²) in [6.45, 7) is 4.58. The van der Waals surface area contributed by atoms with Crippen LogP contribution in [0.2, 0.25) is 0 Å². The van der Waals surface area contributed by atoms with Crippen molar-refractivity contribution in [3.63, 3.8) is 0 Å². The van der Waals surface area contributed by atoms with Crippen LogP contribution in [-0.4, -0.2) is 17.5 Å². The molecule has 0 radical (unpaired) electrons. The fraction of sp³-hybridized carbons (Fsp3) is 0.267. The number of halogens is 3. The highest BCUT2D eigenvalue weighted by atomic mass is 19.2. The largest absolute Gasteiger partial charge is 0.493 e. The van der Waals surface area contributed by atoms with E-state index in [9.17, 15) is 18.0 Å². The maximum Gasteiger partial charge on any atom is 0.253 e. The molecule has 0 spiro atoms. The summed E-state index contributed by atoms with van der Waals surface area (Å²) in [7, 11) is 0. The SMILES string of the molecule is CCC(CC)c1c(C(=O)N[C@H]2CCOc3ccccc32)cnc2c(-c3cc(F)cc(F)c3F)cccc12. The van der Waals surface area contributed by atoms with Gasteiger partial charge in [0.2, 0.25) is 0 Å². The summed E-state index contributed by atoms with van der Waals surface area (Å²) >= 11 is 0. The molecule has 1 aliphatic rings. The van der Waals surface area contributed by atoms with Crippen molar-refractivity contribution in [2.24, 2.45) is 0 Å². The molecular weight excluding hydrogens is 477 g/mol. The molecule has 0 saturated carbocycles. The molecule has 0 saturated heterocycles. The first kappa shape index (κ1) is 24.8. The quantitative estimate of drug-likeness (QED) is 0.277. The topological polar surface area (TPSA) is 51.2 Å². The van der Waals surface area contributed by atoms with E-state index < -0.39 is 17.5 Å². The fourth-order valence-electron chi connectivity index (χ4n) is 5.26. The Morgan fingerprint density at radius 3 is 2.62 bits per heavy atom. The van der Waals surface area contributed by atoms with Gasteiger partial charge in [-0.2, -0.15) is 0 Å². The number of nitrogens with zero attached hydrogens (tertiary/aromatic N) is 1. The van der Waals surface area contributed by atoms with Crippen LogP contribution in [0.5, 0.6) is 5.75 Å². The Bertz CT molecular complexity index is 1480. The molecule has 2 heterocycles. The molecule has 1 amide bonds. The lowest BCUT2D eigenvalue weighted by Crippen LogP contribution is -2.33. The number of benzene rings is 3. The van der Waals surface area contributed by atoms with Crippen molar-refractivity contribution in [3.05, 3.63) is 94.9 Å². The van der Waals surface area contributed by atoms with E-state index in [1.165, 1.54) is 6.20 Å². The predicted molar refractivity (Wildman–Crippen MR) is 137 cm³/mol.